The summed E-state index contributed by atoms with van der Waals surface area (Å²) in [5, 5.41) is 0. The van der Waals surface area contributed by atoms with Gasteiger partial charge in [-0.3, -0.25) is 0 Å². The van der Waals surface area contributed by atoms with E-state index in [9.17, 15) is 4.21 Å². The van der Waals surface area contributed by atoms with Crippen LogP contribution >= 0.6 is 15.9 Å². The van der Waals surface area contributed by atoms with Crippen molar-refractivity contribution in [1.29, 1.82) is 0 Å². The summed E-state index contributed by atoms with van der Waals surface area (Å²) in [7, 11) is -1.28. The van der Waals surface area contributed by atoms with Gasteiger partial charge in [0.1, 0.15) is 11.0 Å². The third-order valence-electron chi connectivity index (χ3n) is 1.69. The number of hydrogen-bond acceptors (Lipinski definition) is 3. The van der Waals surface area contributed by atoms with E-state index >= 15 is 0 Å². The molecule has 0 aliphatic carbocycles. The molecule has 0 saturated carbocycles. The van der Waals surface area contributed by atoms with Gasteiger partial charge in [-0.2, -0.15) is 4.40 Å². The summed E-state index contributed by atoms with van der Waals surface area (Å²) >= 11 is 3.25. The van der Waals surface area contributed by atoms with Gasteiger partial charge in [0.25, 0.3) is 0 Å². The molecule has 0 N–H and O–H groups in total. The molecule has 0 spiro atoms. The molecule has 1 aromatic heterocycles. The Hall–Kier alpha value is -0.620. The molecule has 0 radical (unpaired) electrons. The van der Waals surface area contributed by atoms with Crippen molar-refractivity contribution in [2.24, 2.45) is 4.40 Å². The lowest BCUT2D eigenvalue weighted by molar-refractivity contribution is 0.650. The molecule has 0 bridgehead atoms. The topological polar surface area (TPSA) is 55.2 Å². The number of rotatable bonds is 2. The zero-order valence-corrected chi connectivity index (χ0v) is 12.1. The first-order chi connectivity index (χ1) is 7.30. The van der Waals surface area contributed by atoms with Gasteiger partial charge in [0, 0.05) is 12.4 Å². The summed E-state index contributed by atoms with van der Waals surface area (Å²) in [4.78, 5) is 8.18. The van der Waals surface area contributed by atoms with Gasteiger partial charge in [0.15, 0.2) is 5.82 Å². The first-order valence-corrected chi connectivity index (χ1v) is 6.66. The highest BCUT2D eigenvalue weighted by Gasteiger charge is 2.19. The van der Waals surface area contributed by atoms with E-state index in [-0.39, 0.29) is 4.75 Å². The van der Waals surface area contributed by atoms with Gasteiger partial charge in [-0.1, -0.05) is 0 Å². The van der Waals surface area contributed by atoms with E-state index in [1.165, 1.54) is 0 Å². The van der Waals surface area contributed by atoms with Crippen LogP contribution < -0.4 is 0 Å². The Morgan fingerprint density at radius 2 is 1.88 bits per heavy atom. The summed E-state index contributed by atoms with van der Waals surface area (Å²) in [6.07, 6.45) is 3.28. The maximum atomic E-state index is 11.8. The summed E-state index contributed by atoms with van der Waals surface area (Å²) in [5.74, 6) is 0.501. The molecular weight excluding hydrogens is 290 g/mol. The predicted octanol–water partition coefficient (Wildman–Crippen LogP) is 2.51. The van der Waals surface area contributed by atoms with Crippen LogP contribution in [0.2, 0.25) is 0 Å². The van der Waals surface area contributed by atoms with Crippen molar-refractivity contribution in [1.82, 2.24) is 9.97 Å². The number of halogens is 1. The lowest BCUT2D eigenvalue weighted by atomic mass is 10.3. The Bertz CT molecular complexity index is 423. The lowest BCUT2D eigenvalue weighted by Crippen LogP contribution is -2.21. The summed E-state index contributed by atoms with van der Waals surface area (Å²) < 4.78 is 16.3. The van der Waals surface area contributed by atoms with E-state index in [1.54, 1.807) is 19.3 Å². The van der Waals surface area contributed by atoms with Crippen molar-refractivity contribution in [2.75, 3.05) is 0 Å². The molecule has 1 heterocycles. The van der Waals surface area contributed by atoms with Crippen LogP contribution in [-0.2, 0) is 11.0 Å². The van der Waals surface area contributed by atoms with Crippen LogP contribution in [-0.4, -0.2) is 24.6 Å². The standard InChI is InChI=1S/C10H14BrN3OS/c1-7(14-16(15)10(2,3)4)9-12-5-8(11)6-13-9/h5-6H,1-4H3/b14-7-/t16-/m1/s1. The summed E-state index contributed by atoms with van der Waals surface area (Å²) in [5.41, 5.74) is 0.584. The highest BCUT2D eigenvalue weighted by molar-refractivity contribution is 9.10. The van der Waals surface area contributed by atoms with Crippen molar-refractivity contribution >= 4 is 32.6 Å². The monoisotopic (exact) mass is 303 g/mol. The van der Waals surface area contributed by atoms with E-state index in [2.05, 4.69) is 30.3 Å². The molecule has 0 unspecified atom stereocenters. The fourth-order valence-corrected chi connectivity index (χ4v) is 1.61. The minimum absolute atomic E-state index is 0.364. The third-order valence-corrected chi connectivity index (χ3v) is 3.58. The SMILES string of the molecule is C/C(=N/[S@](=O)C(C)(C)C)c1ncc(Br)cn1. The Kier molecular flexibility index (Phi) is 4.32. The van der Waals surface area contributed by atoms with Crippen LogP contribution in [0, 0.1) is 0 Å². The van der Waals surface area contributed by atoms with Gasteiger partial charge in [0.05, 0.1) is 14.9 Å². The average molecular weight is 304 g/mol. The maximum absolute atomic E-state index is 11.8. The predicted molar refractivity (Wildman–Crippen MR) is 69.8 cm³/mol. The molecule has 0 amide bonds. The molecule has 1 aromatic rings. The van der Waals surface area contributed by atoms with Crippen LogP contribution in [0.25, 0.3) is 0 Å². The lowest BCUT2D eigenvalue weighted by Gasteiger charge is -2.13. The molecule has 0 aliphatic heterocycles. The van der Waals surface area contributed by atoms with E-state index < -0.39 is 11.0 Å². The zero-order valence-electron chi connectivity index (χ0n) is 9.69. The molecule has 88 valence electrons. The van der Waals surface area contributed by atoms with Crippen LogP contribution in [0.3, 0.4) is 0 Å². The van der Waals surface area contributed by atoms with Gasteiger partial charge in [0.2, 0.25) is 0 Å². The van der Waals surface area contributed by atoms with Gasteiger partial charge >= 0.3 is 0 Å². The number of hydrogen-bond donors (Lipinski definition) is 0. The Labute approximate surface area is 106 Å². The van der Waals surface area contributed by atoms with Gasteiger partial charge in [-0.25, -0.2) is 14.2 Å². The molecule has 6 heteroatoms. The Balaban J connectivity index is 2.94. The van der Waals surface area contributed by atoms with Crippen molar-refractivity contribution in [3.8, 4) is 0 Å². The highest BCUT2D eigenvalue weighted by Crippen LogP contribution is 2.13. The van der Waals surface area contributed by atoms with Gasteiger partial charge in [-0.05, 0) is 43.6 Å². The van der Waals surface area contributed by atoms with Gasteiger partial charge in [-0.15, -0.1) is 0 Å². The number of aromatic nitrogens is 2. The molecule has 16 heavy (non-hydrogen) atoms. The molecule has 1 atom stereocenters. The van der Waals surface area contributed by atoms with Crippen molar-refractivity contribution < 1.29 is 4.21 Å². The highest BCUT2D eigenvalue weighted by atomic mass is 79.9. The van der Waals surface area contributed by atoms with E-state index in [4.69, 9.17) is 0 Å². The molecule has 0 aliphatic rings. The molecule has 0 saturated heterocycles. The fraction of sp³-hybridized carbons (Fsp3) is 0.500. The molecule has 0 aromatic carbocycles. The first kappa shape index (κ1) is 13.4. The summed E-state index contributed by atoms with van der Waals surface area (Å²) in [6, 6.07) is 0. The quantitative estimate of drug-likeness (QED) is 0.789. The van der Waals surface area contributed by atoms with Crippen molar-refractivity contribution in [3.05, 3.63) is 22.7 Å². The molecule has 0 fully saturated rings. The molecular formula is C10H14BrN3OS. The van der Waals surface area contributed by atoms with Gasteiger partial charge < -0.3 is 0 Å². The average Bonchev–Trinajstić information content (AvgIpc) is 2.17. The third kappa shape index (κ3) is 3.75. The smallest absolute Gasteiger partial charge is 0.174 e. The zero-order chi connectivity index (χ0) is 12.3. The minimum Gasteiger partial charge on any atom is -0.234 e. The van der Waals surface area contributed by atoms with Crippen molar-refractivity contribution in [3.63, 3.8) is 0 Å². The van der Waals surface area contributed by atoms with Crippen LogP contribution in [0.1, 0.15) is 33.5 Å². The van der Waals surface area contributed by atoms with Crippen molar-refractivity contribution in [2.45, 2.75) is 32.4 Å². The maximum Gasteiger partial charge on any atom is 0.174 e. The Morgan fingerprint density at radius 1 is 1.38 bits per heavy atom. The number of nitrogens with zero attached hydrogens (tertiary/aromatic N) is 3. The van der Waals surface area contributed by atoms with Crippen LogP contribution in [0.15, 0.2) is 21.3 Å². The second-order valence-electron chi connectivity index (χ2n) is 4.26. The largest absolute Gasteiger partial charge is 0.234 e. The van der Waals surface area contributed by atoms with E-state index in [0.29, 0.717) is 11.5 Å². The Morgan fingerprint density at radius 3 is 2.31 bits per heavy atom. The summed E-state index contributed by atoms with van der Waals surface area (Å²) in [6.45, 7) is 7.39. The first-order valence-electron chi connectivity index (χ1n) is 4.76. The normalized spacial score (nSPS) is 14.9. The second-order valence-corrected chi connectivity index (χ2v) is 7.08. The van der Waals surface area contributed by atoms with E-state index in [1.807, 2.05) is 20.8 Å². The minimum atomic E-state index is -1.28. The second kappa shape index (κ2) is 5.14. The van der Waals surface area contributed by atoms with Crippen LogP contribution in [0.4, 0.5) is 0 Å². The van der Waals surface area contributed by atoms with E-state index in [0.717, 1.165) is 4.47 Å². The molecule has 1 rings (SSSR count). The fourth-order valence-electron chi connectivity index (χ4n) is 0.801. The van der Waals surface area contributed by atoms with Crippen LogP contribution in [0.5, 0.6) is 0 Å². The molecule has 4 nitrogen and oxygen atoms in total.